The third-order valence-corrected chi connectivity index (χ3v) is 3.50. The Morgan fingerprint density at radius 2 is 1.95 bits per heavy atom. The van der Waals surface area contributed by atoms with Gasteiger partial charge in [-0.3, -0.25) is 4.98 Å². The summed E-state index contributed by atoms with van der Waals surface area (Å²) in [5.74, 6) is 0.146. The molecule has 1 aromatic heterocycles. The van der Waals surface area contributed by atoms with Gasteiger partial charge in [-0.1, -0.05) is 27.7 Å². The topological polar surface area (TPSA) is 28.2 Å². The molecule has 0 aliphatic carbocycles. The summed E-state index contributed by atoms with van der Waals surface area (Å²) < 4.78 is 13.0. The number of aromatic nitrogens is 1. The minimum absolute atomic E-state index is 0.172. The van der Waals surface area contributed by atoms with Crippen LogP contribution in [0.3, 0.4) is 0 Å². The molecule has 108 valence electrons. The van der Waals surface area contributed by atoms with Crippen molar-refractivity contribution < 1.29 is 4.39 Å². The van der Waals surface area contributed by atoms with Gasteiger partial charge in [0.25, 0.3) is 0 Å². The van der Waals surface area contributed by atoms with Crippen LogP contribution in [0, 0.1) is 11.7 Å². The second-order valence-electron chi connectivity index (χ2n) is 4.90. The Hall–Kier alpha value is -1.00. The van der Waals surface area contributed by atoms with Gasteiger partial charge in [-0.25, -0.2) is 4.39 Å². The van der Waals surface area contributed by atoms with Crippen LogP contribution in [0.1, 0.15) is 39.4 Å². The average Bonchev–Trinajstić information content (AvgIpc) is 2.43. The Balaban J connectivity index is 2.78. The van der Waals surface area contributed by atoms with Crippen molar-refractivity contribution in [2.75, 3.05) is 26.2 Å². The van der Waals surface area contributed by atoms with Crippen molar-refractivity contribution in [3.8, 4) is 0 Å². The highest BCUT2D eigenvalue weighted by atomic mass is 19.1. The zero-order valence-electron chi connectivity index (χ0n) is 12.5. The fourth-order valence-electron chi connectivity index (χ4n) is 2.38. The van der Waals surface area contributed by atoms with Gasteiger partial charge in [-0.2, -0.15) is 0 Å². The first-order valence-electron chi connectivity index (χ1n) is 7.19. The normalized spacial score (nSPS) is 14.6. The van der Waals surface area contributed by atoms with Gasteiger partial charge in [0.15, 0.2) is 0 Å². The third-order valence-electron chi connectivity index (χ3n) is 3.50. The average molecular weight is 267 g/mol. The number of nitrogens with one attached hydrogen (secondary N) is 1. The van der Waals surface area contributed by atoms with Crippen LogP contribution < -0.4 is 5.32 Å². The van der Waals surface area contributed by atoms with Crippen molar-refractivity contribution in [3.63, 3.8) is 0 Å². The van der Waals surface area contributed by atoms with Gasteiger partial charge in [0.05, 0.1) is 17.9 Å². The van der Waals surface area contributed by atoms with Crippen molar-refractivity contribution in [1.82, 2.24) is 15.2 Å². The summed E-state index contributed by atoms with van der Waals surface area (Å²) in [6.45, 7) is 12.7. The molecule has 2 atom stereocenters. The summed E-state index contributed by atoms with van der Waals surface area (Å²) >= 11 is 0. The highest BCUT2D eigenvalue weighted by molar-refractivity contribution is 5.11. The lowest BCUT2D eigenvalue weighted by molar-refractivity contribution is 0.227. The molecule has 0 fully saturated rings. The lowest BCUT2D eigenvalue weighted by atomic mass is 9.97. The molecule has 0 spiro atoms. The van der Waals surface area contributed by atoms with E-state index in [-0.39, 0.29) is 11.9 Å². The van der Waals surface area contributed by atoms with Crippen LogP contribution in [0.5, 0.6) is 0 Å². The summed E-state index contributed by atoms with van der Waals surface area (Å²) in [6, 6.07) is 3.43. The zero-order chi connectivity index (χ0) is 14.3. The largest absolute Gasteiger partial charge is 0.309 e. The lowest BCUT2D eigenvalue weighted by Gasteiger charge is -2.29. The van der Waals surface area contributed by atoms with Gasteiger partial charge in [0, 0.05) is 6.54 Å². The van der Waals surface area contributed by atoms with Crippen LogP contribution in [-0.2, 0) is 0 Å². The highest BCUT2D eigenvalue weighted by Crippen LogP contribution is 2.21. The van der Waals surface area contributed by atoms with Crippen LogP contribution in [-0.4, -0.2) is 36.1 Å². The molecule has 0 saturated heterocycles. The predicted molar refractivity (Wildman–Crippen MR) is 77.6 cm³/mol. The number of hydrogen-bond acceptors (Lipinski definition) is 3. The van der Waals surface area contributed by atoms with E-state index in [1.807, 2.05) is 0 Å². The fourth-order valence-corrected chi connectivity index (χ4v) is 2.38. The summed E-state index contributed by atoms with van der Waals surface area (Å²) in [4.78, 5) is 6.62. The Kier molecular flexibility index (Phi) is 6.95. The molecule has 2 unspecified atom stereocenters. The first-order chi connectivity index (χ1) is 9.12. The van der Waals surface area contributed by atoms with Crippen LogP contribution in [0.25, 0.3) is 0 Å². The van der Waals surface area contributed by atoms with E-state index in [0.29, 0.717) is 5.92 Å². The summed E-state index contributed by atoms with van der Waals surface area (Å²) in [6.07, 6.45) is 1.30. The van der Waals surface area contributed by atoms with E-state index >= 15 is 0 Å². The molecule has 0 amide bonds. The summed E-state index contributed by atoms with van der Waals surface area (Å²) in [5.41, 5.74) is 0.919. The van der Waals surface area contributed by atoms with Crippen molar-refractivity contribution in [2.24, 2.45) is 5.92 Å². The SMILES string of the molecule is CCNC(c1ccc(F)cn1)C(C)CN(CC)CC. The van der Waals surface area contributed by atoms with E-state index in [1.54, 1.807) is 6.07 Å². The molecule has 1 heterocycles. The van der Waals surface area contributed by atoms with Crippen LogP contribution in [0.4, 0.5) is 4.39 Å². The smallest absolute Gasteiger partial charge is 0.141 e. The van der Waals surface area contributed by atoms with E-state index in [9.17, 15) is 4.39 Å². The number of nitrogens with zero attached hydrogens (tertiary/aromatic N) is 2. The first-order valence-corrected chi connectivity index (χ1v) is 7.19. The molecule has 0 aliphatic rings. The van der Waals surface area contributed by atoms with Gasteiger partial charge >= 0.3 is 0 Å². The van der Waals surface area contributed by atoms with Crippen molar-refractivity contribution >= 4 is 0 Å². The summed E-state index contributed by atoms with van der Waals surface area (Å²) in [5, 5.41) is 3.46. The molecule has 3 nitrogen and oxygen atoms in total. The standard InChI is InChI=1S/C15H26FN3/c1-5-17-15(12(4)11-19(6-2)7-3)14-9-8-13(16)10-18-14/h8-10,12,15,17H,5-7,11H2,1-4H3. The van der Waals surface area contributed by atoms with E-state index in [2.05, 4.69) is 42.9 Å². The van der Waals surface area contributed by atoms with E-state index < -0.39 is 0 Å². The van der Waals surface area contributed by atoms with Crippen molar-refractivity contribution in [3.05, 3.63) is 29.8 Å². The molecule has 1 rings (SSSR count). The number of hydrogen-bond donors (Lipinski definition) is 1. The summed E-state index contributed by atoms with van der Waals surface area (Å²) in [7, 11) is 0. The van der Waals surface area contributed by atoms with E-state index in [4.69, 9.17) is 0 Å². The maximum absolute atomic E-state index is 13.0. The minimum Gasteiger partial charge on any atom is -0.309 e. The Morgan fingerprint density at radius 1 is 1.26 bits per heavy atom. The number of pyridine rings is 1. The van der Waals surface area contributed by atoms with Crippen LogP contribution >= 0.6 is 0 Å². The molecular weight excluding hydrogens is 241 g/mol. The fraction of sp³-hybridized carbons (Fsp3) is 0.667. The molecular formula is C15H26FN3. The second-order valence-corrected chi connectivity index (χ2v) is 4.90. The zero-order valence-corrected chi connectivity index (χ0v) is 12.5. The van der Waals surface area contributed by atoms with Gasteiger partial charge in [-0.15, -0.1) is 0 Å². The molecule has 1 aromatic rings. The van der Waals surface area contributed by atoms with Crippen LogP contribution in [0.2, 0.25) is 0 Å². The minimum atomic E-state index is -0.282. The molecule has 0 aliphatic heterocycles. The van der Waals surface area contributed by atoms with Crippen molar-refractivity contribution in [2.45, 2.75) is 33.7 Å². The predicted octanol–water partition coefficient (Wildman–Crippen LogP) is 2.85. The first kappa shape index (κ1) is 16.1. The van der Waals surface area contributed by atoms with Gasteiger partial charge in [0.1, 0.15) is 5.82 Å². The Morgan fingerprint density at radius 3 is 2.42 bits per heavy atom. The maximum Gasteiger partial charge on any atom is 0.141 e. The van der Waals surface area contributed by atoms with Gasteiger partial charge in [-0.05, 0) is 37.7 Å². The Bertz CT molecular complexity index is 349. The van der Waals surface area contributed by atoms with Gasteiger partial charge in [0.2, 0.25) is 0 Å². The van der Waals surface area contributed by atoms with E-state index in [1.165, 1.54) is 12.3 Å². The quantitative estimate of drug-likeness (QED) is 0.785. The van der Waals surface area contributed by atoms with Gasteiger partial charge < -0.3 is 10.2 Å². The molecule has 0 saturated carbocycles. The molecule has 19 heavy (non-hydrogen) atoms. The number of halogens is 1. The maximum atomic E-state index is 13.0. The molecule has 0 bridgehead atoms. The van der Waals surface area contributed by atoms with Crippen LogP contribution in [0.15, 0.2) is 18.3 Å². The molecule has 0 radical (unpaired) electrons. The van der Waals surface area contributed by atoms with E-state index in [0.717, 1.165) is 31.9 Å². The van der Waals surface area contributed by atoms with Crippen molar-refractivity contribution in [1.29, 1.82) is 0 Å². The molecule has 0 aromatic carbocycles. The monoisotopic (exact) mass is 267 g/mol. The molecule has 1 N–H and O–H groups in total. The Labute approximate surface area is 116 Å². The molecule has 4 heteroatoms. The highest BCUT2D eigenvalue weighted by Gasteiger charge is 2.21. The lowest BCUT2D eigenvalue weighted by Crippen LogP contribution is -2.36. The third kappa shape index (κ3) is 4.88. The second kappa shape index (κ2) is 8.23. The number of rotatable bonds is 8.